The van der Waals surface area contributed by atoms with Crippen molar-refractivity contribution in [3.8, 4) is 0 Å². The highest BCUT2D eigenvalue weighted by atomic mass is 35.5. The minimum Gasteiger partial charge on any atom is -0.383 e. The number of fused-ring (bicyclic) bond motifs is 1. The van der Waals surface area contributed by atoms with Crippen LogP contribution in [0.25, 0.3) is 10.9 Å². The molecule has 2 aromatic rings. The first-order chi connectivity index (χ1) is 15.2. The Balaban J connectivity index is 1.66. The van der Waals surface area contributed by atoms with E-state index in [-0.39, 0.29) is 11.8 Å². The molecule has 0 unspecified atom stereocenters. The van der Waals surface area contributed by atoms with Crippen LogP contribution >= 0.6 is 11.6 Å². The van der Waals surface area contributed by atoms with Crippen LogP contribution in [0.5, 0.6) is 0 Å². The minimum atomic E-state index is 0.129. The number of methoxy groups -OCH3 is 1. The van der Waals surface area contributed by atoms with Crippen LogP contribution in [-0.4, -0.2) is 62.4 Å². The lowest BCUT2D eigenvalue weighted by molar-refractivity contribution is -0.137. The van der Waals surface area contributed by atoms with E-state index >= 15 is 0 Å². The maximum absolute atomic E-state index is 13.4. The molecule has 0 radical (unpaired) electrons. The molecule has 1 aromatic heterocycles. The molecule has 31 heavy (non-hydrogen) atoms. The summed E-state index contributed by atoms with van der Waals surface area (Å²) in [6.07, 6.45) is 5.51. The Morgan fingerprint density at radius 1 is 1.23 bits per heavy atom. The number of halogens is 1. The molecule has 0 spiro atoms. The van der Waals surface area contributed by atoms with Crippen LogP contribution in [0.3, 0.4) is 0 Å². The van der Waals surface area contributed by atoms with E-state index in [0.29, 0.717) is 37.9 Å². The molecule has 2 heterocycles. The molecular formula is C24H32ClN3O3. The Hall–Kier alpha value is -1.89. The van der Waals surface area contributed by atoms with Gasteiger partial charge >= 0.3 is 0 Å². The summed E-state index contributed by atoms with van der Waals surface area (Å²) in [4.78, 5) is 22.6. The van der Waals surface area contributed by atoms with Gasteiger partial charge in [-0.2, -0.15) is 0 Å². The third-order valence-corrected chi connectivity index (χ3v) is 6.57. The monoisotopic (exact) mass is 445 g/mol. The first-order valence-electron chi connectivity index (χ1n) is 11.4. The number of benzene rings is 1. The van der Waals surface area contributed by atoms with Crippen LogP contribution in [0.15, 0.2) is 24.3 Å². The Bertz CT molecular complexity index is 895. The highest BCUT2D eigenvalue weighted by Gasteiger charge is 2.27. The number of carbonyl (C=O) groups is 1. The fraction of sp³-hybridized carbons (Fsp3) is 0.583. The average molecular weight is 446 g/mol. The number of morpholine rings is 1. The van der Waals surface area contributed by atoms with Crippen LogP contribution in [0.1, 0.15) is 37.7 Å². The number of aromatic nitrogens is 1. The minimum absolute atomic E-state index is 0.129. The van der Waals surface area contributed by atoms with E-state index in [1.165, 1.54) is 6.42 Å². The Morgan fingerprint density at radius 3 is 2.74 bits per heavy atom. The number of pyridine rings is 1. The number of nitrogens with zero attached hydrogens (tertiary/aromatic N) is 3. The zero-order valence-electron chi connectivity index (χ0n) is 18.3. The van der Waals surface area contributed by atoms with Gasteiger partial charge in [0.05, 0.1) is 25.3 Å². The molecule has 6 nitrogen and oxygen atoms in total. The van der Waals surface area contributed by atoms with Crippen molar-refractivity contribution in [1.82, 2.24) is 9.88 Å². The van der Waals surface area contributed by atoms with Gasteiger partial charge in [0, 0.05) is 55.2 Å². The largest absolute Gasteiger partial charge is 0.383 e. The molecule has 0 N–H and O–H groups in total. The Morgan fingerprint density at radius 2 is 2.00 bits per heavy atom. The lowest BCUT2D eigenvalue weighted by Crippen LogP contribution is -2.40. The summed E-state index contributed by atoms with van der Waals surface area (Å²) in [6.45, 7) is 4.61. The zero-order chi connectivity index (χ0) is 21.6. The molecule has 1 aliphatic heterocycles. The smallest absolute Gasteiger partial charge is 0.226 e. The molecule has 1 saturated heterocycles. The van der Waals surface area contributed by atoms with Crippen molar-refractivity contribution < 1.29 is 14.3 Å². The third kappa shape index (κ3) is 5.48. The van der Waals surface area contributed by atoms with Crippen molar-refractivity contribution in [1.29, 1.82) is 0 Å². The van der Waals surface area contributed by atoms with Crippen LogP contribution in [-0.2, 0) is 20.8 Å². The second kappa shape index (κ2) is 10.6. The van der Waals surface area contributed by atoms with E-state index in [1.54, 1.807) is 7.11 Å². The highest BCUT2D eigenvalue weighted by molar-refractivity contribution is 6.31. The molecule has 4 rings (SSSR count). The molecule has 7 heteroatoms. The molecule has 1 aliphatic carbocycles. The van der Waals surface area contributed by atoms with Gasteiger partial charge in [0.1, 0.15) is 5.82 Å². The molecule has 1 amide bonds. The van der Waals surface area contributed by atoms with Gasteiger partial charge in [0.25, 0.3) is 0 Å². The van der Waals surface area contributed by atoms with E-state index in [2.05, 4.69) is 11.0 Å². The van der Waals surface area contributed by atoms with E-state index in [4.69, 9.17) is 26.1 Å². The predicted octanol–water partition coefficient (Wildman–Crippen LogP) is 4.28. The molecular weight excluding hydrogens is 414 g/mol. The van der Waals surface area contributed by atoms with Crippen molar-refractivity contribution in [3.05, 3.63) is 34.9 Å². The first-order valence-corrected chi connectivity index (χ1v) is 11.7. The Kier molecular flexibility index (Phi) is 7.64. The number of amides is 1. The van der Waals surface area contributed by atoms with Crippen molar-refractivity contribution in [2.75, 3.05) is 51.5 Å². The van der Waals surface area contributed by atoms with Gasteiger partial charge in [-0.3, -0.25) is 4.79 Å². The summed E-state index contributed by atoms with van der Waals surface area (Å²) < 4.78 is 10.9. The second-order valence-corrected chi connectivity index (χ2v) is 8.93. The van der Waals surface area contributed by atoms with Gasteiger partial charge in [0.2, 0.25) is 5.91 Å². The van der Waals surface area contributed by atoms with E-state index in [0.717, 1.165) is 61.1 Å². The fourth-order valence-corrected chi connectivity index (χ4v) is 4.79. The summed E-state index contributed by atoms with van der Waals surface area (Å²) in [5, 5.41) is 1.71. The Labute approximate surface area is 189 Å². The maximum atomic E-state index is 13.4. The zero-order valence-corrected chi connectivity index (χ0v) is 19.1. The van der Waals surface area contributed by atoms with Gasteiger partial charge in [-0.25, -0.2) is 4.98 Å². The number of rotatable bonds is 7. The number of hydrogen-bond donors (Lipinski definition) is 0. The van der Waals surface area contributed by atoms with Gasteiger partial charge in [-0.15, -0.1) is 0 Å². The molecule has 2 fully saturated rings. The van der Waals surface area contributed by atoms with Crippen molar-refractivity contribution in [2.45, 2.75) is 38.6 Å². The van der Waals surface area contributed by atoms with E-state index in [1.807, 2.05) is 23.1 Å². The quantitative estimate of drug-likeness (QED) is 0.636. The van der Waals surface area contributed by atoms with Gasteiger partial charge in [-0.05, 0) is 31.0 Å². The molecule has 2 aliphatic rings. The number of ether oxygens (including phenoxy) is 2. The van der Waals surface area contributed by atoms with Crippen molar-refractivity contribution in [2.24, 2.45) is 5.92 Å². The standard InChI is InChI=1S/C24H32ClN3O3/c1-30-12-9-28(24(29)18-5-3-2-4-6-18)17-20-15-19-7-8-21(25)16-22(19)26-23(20)27-10-13-31-14-11-27/h7-8,15-16,18H,2-6,9-14,17H2,1H3. The fourth-order valence-electron chi connectivity index (χ4n) is 4.62. The number of anilines is 1. The lowest BCUT2D eigenvalue weighted by atomic mass is 9.88. The number of hydrogen-bond acceptors (Lipinski definition) is 5. The second-order valence-electron chi connectivity index (χ2n) is 8.50. The highest BCUT2D eigenvalue weighted by Crippen LogP contribution is 2.30. The van der Waals surface area contributed by atoms with Crippen LogP contribution in [0.4, 0.5) is 5.82 Å². The molecule has 0 bridgehead atoms. The van der Waals surface area contributed by atoms with Gasteiger partial charge in [-0.1, -0.05) is 36.9 Å². The summed E-state index contributed by atoms with van der Waals surface area (Å²) in [5.74, 6) is 1.31. The maximum Gasteiger partial charge on any atom is 0.226 e. The predicted molar refractivity (Wildman–Crippen MR) is 124 cm³/mol. The van der Waals surface area contributed by atoms with Crippen LogP contribution < -0.4 is 4.90 Å². The SMILES string of the molecule is COCCN(Cc1cc2ccc(Cl)cc2nc1N1CCOCC1)C(=O)C1CCCCC1. The van der Waals surface area contributed by atoms with Crippen molar-refractivity contribution in [3.63, 3.8) is 0 Å². The van der Waals surface area contributed by atoms with Crippen LogP contribution in [0, 0.1) is 5.92 Å². The summed E-state index contributed by atoms with van der Waals surface area (Å²) in [6, 6.07) is 7.96. The molecule has 1 aromatic carbocycles. The first kappa shape index (κ1) is 22.3. The lowest BCUT2D eigenvalue weighted by Gasteiger charge is -2.33. The number of carbonyl (C=O) groups excluding carboxylic acids is 1. The van der Waals surface area contributed by atoms with E-state index in [9.17, 15) is 4.79 Å². The van der Waals surface area contributed by atoms with Gasteiger partial charge in [0.15, 0.2) is 0 Å². The van der Waals surface area contributed by atoms with Crippen molar-refractivity contribution >= 4 is 34.2 Å². The molecule has 1 saturated carbocycles. The average Bonchev–Trinajstić information content (AvgIpc) is 2.82. The normalized spacial score (nSPS) is 17.8. The van der Waals surface area contributed by atoms with Gasteiger partial charge < -0.3 is 19.3 Å². The van der Waals surface area contributed by atoms with Crippen LogP contribution in [0.2, 0.25) is 5.02 Å². The summed E-state index contributed by atoms with van der Waals surface area (Å²) in [5.41, 5.74) is 1.94. The van der Waals surface area contributed by atoms with E-state index < -0.39 is 0 Å². The topological polar surface area (TPSA) is 54.9 Å². The third-order valence-electron chi connectivity index (χ3n) is 6.34. The summed E-state index contributed by atoms with van der Waals surface area (Å²) in [7, 11) is 1.68. The molecule has 168 valence electrons. The summed E-state index contributed by atoms with van der Waals surface area (Å²) >= 11 is 6.23. The molecule has 0 atom stereocenters.